The molecule has 0 atom stereocenters. The number of nitrogens with one attached hydrogen (secondary N) is 1. The predicted molar refractivity (Wildman–Crippen MR) is 70.8 cm³/mol. The number of hydrogen-bond donors (Lipinski definition) is 1. The van der Waals surface area contributed by atoms with Crippen molar-refractivity contribution in [2.24, 2.45) is 5.92 Å². The highest BCUT2D eigenvalue weighted by atomic mass is 15.1. The molecule has 1 aromatic rings. The first-order valence-electron chi connectivity index (χ1n) is 6.70. The molecule has 0 aromatic carbocycles. The third kappa shape index (κ3) is 4.10. The fourth-order valence-electron chi connectivity index (χ4n) is 2.43. The van der Waals surface area contributed by atoms with E-state index < -0.39 is 0 Å². The molecule has 2 rings (SSSR count). The third-order valence-corrected chi connectivity index (χ3v) is 3.64. The van der Waals surface area contributed by atoms with Crippen molar-refractivity contribution in [2.75, 3.05) is 26.2 Å². The van der Waals surface area contributed by atoms with Crippen molar-refractivity contribution >= 4 is 0 Å². The number of pyridine rings is 1. The molecule has 3 heteroatoms. The first kappa shape index (κ1) is 12.5. The lowest BCUT2D eigenvalue weighted by atomic mass is 9.97. The van der Waals surface area contributed by atoms with Crippen LogP contribution < -0.4 is 5.32 Å². The van der Waals surface area contributed by atoms with Gasteiger partial charge in [0.05, 0.1) is 0 Å². The maximum atomic E-state index is 4.12. The molecule has 0 unspecified atom stereocenters. The third-order valence-electron chi connectivity index (χ3n) is 3.64. The lowest BCUT2D eigenvalue weighted by Crippen LogP contribution is -2.36. The summed E-state index contributed by atoms with van der Waals surface area (Å²) in [6.07, 6.45) is 6.44. The summed E-state index contributed by atoms with van der Waals surface area (Å²) in [5.41, 5.74) is 1.28. The molecule has 0 amide bonds. The van der Waals surface area contributed by atoms with Crippen LogP contribution in [0.2, 0.25) is 0 Å². The topological polar surface area (TPSA) is 28.2 Å². The Balaban J connectivity index is 1.63. The number of aromatic nitrogens is 1. The van der Waals surface area contributed by atoms with Gasteiger partial charge in [0.15, 0.2) is 0 Å². The first-order chi connectivity index (χ1) is 8.38. The van der Waals surface area contributed by atoms with Crippen LogP contribution in [0, 0.1) is 5.92 Å². The van der Waals surface area contributed by atoms with E-state index in [1.165, 1.54) is 38.0 Å². The second kappa shape index (κ2) is 6.72. The lowest BCUT2D eigenvalue weighted by Gasteiger charge is -2.31. The van der Waals surface area contributed by atoms with E-state index in [9.17, 15) is 0 Å². The summed E-state index contributed by atoms with van der Waals surface area (Å²) in [6.45, 7) is 8.09. The van der Waals surface area contributed by atoms with Gasteiger partial charge in [-0.15, -0.1) is 0 Å². The Kier molecular flexibility index (Phi) is 4.95. The molecule has 0 aliphatic carbocycles. The zero-order valence-corrected chi connectivity index (χ0v) is 10.7. The monoisotopic (exact) mass is 233 g/mol. The van der Waals surface area contributed by atoms with Crippen LogP contribution in [0.5, 0.6) is 0 Å². The summed E-state index contributed by atoms with van der Waals surface area (Å²) in [7, 11) is 0. The van der Waals surface area contributed by atoms with Crippen LogP contribution >= 0.6 is 0 Å². The minimum absolute atomic E-state index is 0.856. The summed E-state index contributed by atoms with van der Waals surface area (Å²) in [4.78, 5) is 6.66. The van der Waals surface area contributed by atoms with Gasteiger partial charge >= 0.3 is 0 Å². The van der Waals surface area contributed by atoms with Gasteiger partial charge in [0.1, 0.15) is 0 Å². The fraction of sp³-hybridized carbons (Fsp3) is 0.643. The van der Waals surface area contributed by atoms with Gasteiger partial charge < -0.3 is 10.2 Å². The molecule has 1 saturated heterocycles. The standard InChI is InChI=1S/C14H23N3/c1-2-17-8-5-13(6-9-17)10-16-12-14-4-3-7-15-11-14/h3-4,7,11,13,16H,2,5-6,8-10,12H2,1H3. The molecular formula is C14H23N3. The molecule has 0 bridgehead atoms. The van der Waals surface area contributed by atoms with Crippen LogP contribution in [-0.2, 0) is 6.54 Å². The Morgan fingerprint density at radius 2 is 2.24 bits per heavy atom. The van der Waals surface area contributed by atoms with Crippen LogP contribution in [-0.4, -0.2) is 36.1 Å². The van der Waals surface area contributed by atoms with Gasteiger partial charge in [0.25, 0.3) is 0 Å². The van der Waals surface area contributed by atoms with Gasteiger partial charge in [0, 0.05) is 18.9 Å². The van der Waals surface area contributed by atoms with Crippen LogP contribution in [0.3, 0.4) is 0 Å². The normalized spacial score (nSPS) is 18.4. The zero-order valence-electron chi connectivity index (χ0n) is 10.7. The molecule has 0 spiro atoms. The zero-order chi connectivity index (χ0) is 11.9. The SMILES string of the molecule is CCN1CCC(CNCc2cccnc2)CC1. The molecular weight excluding hydrogens is 210 g/mol. The van der Waals surface area contributed by atoms with E-state index in [1.807, 2.05) is 18.5 Å². The highest BCUT2D eigenvalue weighted by Crippen LogP contribution is 2.15. The Labute approximate surface area is 104 Å². The summed E-state index contributed by atoms with van der Waals surface area (Å²) in [5.74, 6) is 0.856. The summed E-state index contributed by atoms with van der Waals surface area (Å²) >= 11 is 0. The van der Waals surface area contributed by atoms with E-state index in [-0.39, 0.29) is 0 Å². The summed E-state index contributed by atoms with van der Waals surface area (Å²) < 4.78 is 0. The number of nitrogens with zero attached hydrogens (tertiary/aromatic N) is 2. The maximum absolute atomic E-state index is 4.12. The van der Waals surface area contributed by atoms with Crippen molar-refractivity contribution in [3.05, 3.63) is 30.1 Å². The Bertz CT molecular complexity index is 305. The van der Waals surface area contributed by atoms with Crippen molar-refractivity contribution in [1.29, 1.82) is 0 Å². The smallest absolute Gasteiger partial charge is 0.0312 e. The fourth-order valence-corrected chi connectivity index (χ4v) is 2.43. The molecule has 3 nitrogen and oxygen atoms in total. The summed E-state index contributed by atoms with van der Waals surface area (Å²) in [6, 6.07) is 4.12. The molecule has 0 saturated carbocycles. The van der Waals surface area contributed by atoms with Crippen molar-refractivity contribution in [2.45, 2.75) is 26.3 Å². The Hall–Kier alpha value is -0.930. The average molecular weight is 233 g/mol. The van der Waals surface area contributed by atoms with E-state index in [2.05, 4.69) is 28.2 Å². The number of piperidine rings is 1. The first-order valence-corrected chi connectivity index (χ1v) is 6.70. The second-order valence-corrected chi connectivity index (χ2v) is 4.87. The van der Waals surface area contributed by atoms with E-state index in [0.717, 1.165) is 19.0 Å². The second-order valence-electron chi connectivity index (χ2n) is 4.87. The van der Waals surface area contributed by atoms with Crippen molar-refractivity contribution in [3.8, 4) is 0 Å². The van der Waals surface area contributed by atoms with Gasteiger partial charge in [-0.05, 0) is 56.6 Å². The maximum Gasteiger partial charge on any atom is 0.0312 e. The number of hydrogen-bond acceptors (Lipinski definition) is 3. The highest BCUT2D eigenvalue weighted by molar-refractivity contribution is 5.07. The van der Waals surface area contributed by atoms with Gasteiger partial charge in [0.2, 0.25) is 0 Å². The Morgan fingerprint density at radius 1 is 1.41 bits per heavy atom. The molecule has 17 heavy (non-hydrogen) atoms. The van der Waals surface area contributed by atoms with Crippen LogP contribution in [0.4, 0.5) is 0 Å². The molecule has 1 aliphatic heterocycles. The van der Waals surface area contributed by atoms with Crippen LogP contribution in [0.1, 0.15) is 25.3 Å². The van der Waals surface area contributed by atoms with E-state index >= 15 is 0 Å². The van der Waals surface area contributed by atoms with Crippen molar-refractivity contribution in [3.63, 3.8) is 0 Å². The molecule has 2 heterocycles. The minimum atomic E-state index is 0.856. The predicted octanol–water partition coefficient (Wildman–Crippen LogP) is 1.90. The molecule has 1 fully saturated rings. The Morgan fingerprint density at radius 3 is 2.88 bits per heavy atom. The minimum Gasteiger partial charge on any atom is -0.312 e. The van der Waals surface area contributed by atoms with E-state index in [0.29, 0.717) is 0 Å². The largest absolute Gasteiger partial charge is 0.312 e. The van der Waals surface area contributed by atoms with Gasteiger partial charge in [-0.2, -0.15) is 0 Å². The van der Waals surface area contributed by atoms with Gasteiger partial charge in [-0.25, -0.2) is 0 Å². The molecule has 0 radical (unpaired) electrons. The summed E-state index contributed by atoms with van der Waals surface area (Å²) in [5, 5.41) is 3.55. The number of rotatable bonds is 5. The van der Waals surface area contributed by atoms with Gasteiger partial charge in [-0.3, -0.25) is 4.98 Å². The van der Waals surface area contributed by atoms with E-state index in [1.54, 1.807) is 0 Å². The number of likely N-dealkylation sites (tertiary alicyclic amines) is 1. The molecule has 1 N–H and O–H groups in total. The molecule has 94 valence electrons. The average Bonchev–Trinajstić information content (AvgIpc) is 2.41. The van der Waals surface area contributed by atoms with Crippen LogP contribution in [0.15, 0.2) is 24.5 Å². The van der Waals surface area contributed by atoms with Crippen molar-refractivity contribution in [1.82, 2.24) is 15.2 Å². The quantitative estimate of drug-likeness (QED) is 0.842. The lowest BCUT2D eigenvalue weighted by molar-refractivity contribution is 0.190. The molecule has 1 aliphatic rings. The van der Waals surface area contributed by atoms with E-state index in [4.69, 9.17) is 0 Å². The van der Waals surface area contributed by atoms with Crippen molar-refractivity contribution < 1.29 is 0 Å². The van der Waals surface area contributed by atoms with Gasteiger partial charge in [-0.1, -0.05) is 13.0 Å². The molecule has 1 aromatic heterocycles. The highest BCUT2D eigenvalue weighted by Gasteiger charge is 2.17. The van der Waals surface area contributed by atoms with Crippen LogP contribution in [0.25, 0.3) is 0 Å².